The molecule has 0 bridgehead atoms. The molecule has 1 unspecified atom stereocenters. The van der Waals surface area contributed by atoms with Crippen LogP contribution in [0, 0.1) is 0 Å². The van der Waals surface area contributed by atoms with Crippen LogP contribution in [0.2, 0.25) is 0 Å². The molecular formula is C19H19N. The summed E-state index contributed by atoms with van der Waals surface area (Å²) >= 11 is 0. The number of hydrogen-bond donors (Lipinski definition) is 0. The van der Waals surface area contributed by atoms with Gasteiger partial charge in [-0.3, -0.25) is 4.99 Å². The minimum Gasteiger partial charge on any atom is -0.278 e. The molecule has 0 aromatic heterocycles. The number of fused-ring (bicyclic) bond motifs is 2. The van der Waals surface area contributed by atoms with Crippen LogP contribution < -0.4 is 0 Å². The van der Waals surface area contributed by atoms with Gasteiger partial charge >= 0.3 is 0 Å². The van der Waals surface area contributed by atoms with E-state index < -0.39 is 0 Å². The van der Waals surface area contributed by atoms with E-state index >= 15 is 0 Å². The van der Waals surface area contributed by atoms with E-state index in [9.17, 15) is 0 Å². The Labute approximate surface area is 120 Å². The quantitative estimate of drug-likeness (QED) is 0.716. The SMILES string of the molecule is c1ccc(C2=NC3(CCCc4ccccc43)CC2)cc1. The predicted octanol–water partition coefficient (Wildman–Crippen LogP) is 4.50. The largest absolute Gasteiger partial charge is 0.278 e. The Morgan fingerprint density at radius 2 is 1.60 bits per heavy atom. The summed E-state index contributed by atoms with van der Waals surface area (Å²) in [6.45, 7) is 0. The van der Waals surface area contributed by atoms with Crippen molar-refractivity contribution in [2.24, 2.45) is 4.99 Å². The van der Waals surface area contributed by atoms with E-state index in [1.54, 1.807) is 0 Å². The second-order valence-electron chi connectivity index (χ2n) is 5.97. The van der Waals surface area contributed by atoms with Crippen molar-refractivity contribution in [3.63, 3.8) is 0 Å². The molecule has 1 aliphatic heterocycles. The van der Waals surface area contributed by atoms with Crippen molar-refractivity contribution in [1.82, 2.24) is 0 Å². The fourth-order valence-corrected chi connectivity index (χ4v) is 3.81. The highest BCUT2D eigenvalue weighted by Gasteiger charge is 2.39. The highest BCUT2D eigenvalue weighted by molar-refractivity contribution is 6.02. The van der Waals surface area contributed by atoms with E-state index in [1.807, 2.05) is 0 Å². The number of aliphatic imine (C=N–C) groups is 1. The third-order valence-electron chi connectivity index (χ3n) is 4.79. The van der Waals surface area contributed by atoms with E-state index in [0.29, 0.717) is 0 Å². The Balaban J connectivity index is 1.79. The third-order valence-corrected chi connectivity index (χ3v) is 4.79. The van der Waals surface area contributed by atoms with Gasteiger partial charge in [-0.25, -0.2) is 0 Å². The second kappa shape index (κ2) is 4.59. The van der Waals surface area contributed by atoms with Crippen molar-refractivity contribution in [3.8, 4) is 0 Å². The fraction of sp³-hybridized carbons (Fsp3) is 0.316. The lowest BCUT2D eigenvalue weighted by molar-refractivity contribution is 0.375. The first-order valence-electron chi connectivity index (χ1n) is 7.60. The Bertz CT molecular complexity index is 656. The van der Waals surface area contributed by atoms with E-state index in [0.717, 1.165) is 6.42 Å². The smallest absolute Gasteiger partial charge is 0.0866 e. The van der Waals surface area contributed by atoms with Crippen LogP contribution in [0.25, 0.3) is 0 Å². The van der Waals surface area contributed by atoms with Gasteiger partial charge in [0, 0.05) is 5.71 Å². The van der Waals surface area contributed by atoms with Crippen LogP contribution in [-0.4, -0.2) is 5.71 Å². The van der Waals surface area contributed by atoms with Crippen molar-refractivity contribution >= 4 is 5.71 Å². The molecular weight excluding hydrogens is 242 g/mol. The molecule has 0 saturated carbocycles. The average Bonchev–Trinajstić information content (AvgIpc) is 2.94. The van der Waals surface area contributed by atoms with Gasteiger partial charge in [0.1, 0.15) is 0 Å². The highest BCUT2D eigenvalue weighted by atomic mass is 14.9. The van der Waals surface area contributed by atoms with Gasteiger partial charge in [-0.1, -0.05) is 54.6 Å². The summed E-state index contributed by atoms with van der Waals surface area (Å²) in [6, 6.07) is 19.6. The maximum absolute atomic E-state index is 5.21. The molecule has 1 nitrogen and oxygen atoms in total. The topological polar surface area (TPSA) is 12.4 Å². The van der Waals surface area contributed by atoms with Crippen LogP contribution in [0.15, 0.2) is 59.6 Å². The first-order chi connectivity index (χ1) is 9.87. The summed E-state index contributed by atoms with van der Waals surface area (Å²) in [5.41, 5.74) is 5.66. The number of hydrogen-bond acceptors (Lipinski definition) is 1. The number of rotatable bonds is 1. The summed E-state index contributed by atoms with van der Waals surface area (Å²) in [7, 11) is 0. The van der Waals surface area contributed by atoms with Gasteiger partial charge in [-0.05, 0) is 48.8 Å². The van der Waals surface area contributed by atoms with Crippen molar-refractivity contribution in [1.29, 1.82) is 0 Å². The molecule has 1 atom stereocenters. The standard InChI is InChI=1S/C19H19N/c1-2-8-16(9-3-1)18-12-14-19(20-18)13-6-10-15-7-4-5-11-17(15)19/h1-5,7-9,11H,6,10,12-14H2. The Hall–Kier alpha value is -1.89. The van der Waals surface area contributed by atoms with Gasteiger partial charge in [0.05, 0.1) is 5.54 Å². The first-order valence-corrected chi connectivity index (χ1v) is 7.60. The van der Waals surface area contributed by atoms with Gasteiger partial charge in [0.25, 0.3) is 0 Å². The fourth-order valence-electron chi connectivity index (χ4n) is 3.81. The van der Waals surface area contributed by atoms with Crippen LogP contribution in [0.5, 0.6) is 0 Å². The molecule has 1 aliphatic carbocycles. The van der Waals surface area contributed by atoms with Gasteiger partial charge in [-0.2, -0.15) is 0 Å². The van der Waals surface area contributed by atoms with Gasteiger partial charge in [0.15, 0.2) is 0 Å². The van der Waals surface area contributed by atoms with Gasteiger partial charge in [-0.15, -0.1) is 0 Å². The molecule has 0 radical (unpaired) electrons. The van der Waals surface area contributed by atoms with Crippen molar-refractivity contribution in [2.75, 3.05) is 0 Å². The number of benzene rings is 2. The molecule has 1 spiro atoms. The molecule has 4 rings (SSSR count). The molecule has 0 amide bonds. The molecule has 2 aliphatic rings. The lowest BCUT2D eigenvalue weighted by Gasteiger charge is -2.33. The summed E-state index contributed by atoms with van der Waals surface area (Å²) in [6.07, 6.45) is 5.98. The zero-order chi connectivity index (χ0) is 13.4. The van der Waals surface area contributed by atoms with Crippen LogP contribution in [0.3, 0.4) is 0 Å². The number of aryl methyl sites for hydroxylation is 1. The van der Waals surface area contributed by atoms with Crippen molar-refractivity contribution in [2.45, 2.75) is 37.6 Å². The minimum absolute atomic E-state index is 0.0695. The van der Waals surface area contributed by atoms with E-state index in [2.05, 4.69) is 54.6 Å². The molecule has 2 aromatic rings. The summed E-state index contributed by atoms with van der Waals surface area (Å²) in [5, 5.41) is 0. The molecule has 0 saturated heterocycles. The third kappa shape index (κ3) is 1.81. The van der Waals surface area contributed by atoms with Crippen LogP contribution in [-0.2, 0) is 12.0 Å². The molecule has 0 N–H and O–H groups in total. The molecule has 0 fully saturated rings. The van der Waals surface area contributed by atoms with E-state index in [-0.39, 0.29) is 5.54 Å². The highest BCUT2D eigenvalue weighted by Crippen LogP contribution is 2.45. The minimum atomic E-state index is 0.0695. The van der Waals surface area contributed by atoms with Crippen LogP contribution >= 0.6 is 0 Å². The normalized spacial score (nSPS) is 24.5. The molecule has 2 aromatic carbocycles. The Morgan fingerprint density at radius 1 is 0.800 bits per heavy atom. The second-order valence-corrected chi connectivity index (χ2v) is 5.97. The summed E-state index contributed by atoms with van der Waals surface area (Å²) in [4.78, 5) is 5.21. The molecule has 100 valence electrons. The first kappa shape index (κ1) is 11.9. The monoisotopic (exact) mass is 261 g/mol. The summed E-state index contributed by atoms with van der Waals surface area (Å²) < 4.78 is 0. The number of nitrogens with zero attached hydrogens (tertiary/aromatic N) is 1. The lowest BCUT2D eigenvalue weighted by atomic mass is 9.75. The van der Waals surface area contributed by atoms with E-state index in [4.69, 9.17) is 4.99 Å². The summed E-state index contributed by atoms with van der Waals surface area (Å²) in [5.74, 6) is 0. The molecule has 1 heteroatoms. The molecule has 20 heavy (non-hydrogen) atoms. The van der Waals surface area contributed by atoms with Gasteiger partial charge < -0.3 is 0 Å². The molecule has 1 heterocycles. The predicted molar refractivity (Wildman–Crippen MR) is 83.3 cm³/mol. The zero-order valence-electron chi connectivity index (χ0n) is 11.7. The van der Waals surface area contributed by atoms with Crippen LogP contribution in [0.4, 0.5) is 0 Å². The van der Waals surface area contributed by atoms with Crippen molar-refractivity contribution < 1.29 is 0 Å². The van der Waals surface area contributed by atoms with E-state index in [1.165, 1.54) is 48.1 Å². The maximum atomic E-state index is 5.21. The van der Waals surface area contributed by atoms with Crippen molar-refractivity contribution in [3.05, 3.63) is 71.3 Å². The van der Waals surface area contributed by atoms with Gasteiger partial charge in [0.2, 0.25) is 0 Å². The zero-order valence-corrected chi connectivity index (χ0v) is 11.7. The lowest BCUT2D eigenvalue weighted by Crippen LogP contribution is -2.26. The average molecular weight is 261 g/mol. The Morgan fingerprint density at radius 3 is 2.50 bits per heavy atom. The Kier molecular flexibility index (Phi) is 2.73. The van der Waals surface area contributed by atoms with Crippen LogP contribution in [0.1, 0.15) is 42.4 Å². The maximum Gasteiger partial charge on any atom is 0.0866 e.